The largest absolute Gasteiger partial charge is 0.496 e. The third kappa shape index (κ3) is 5.12. The van der Waals surface area contributed by atoms with E-state index in [4.69, 9.17) is 4.74 Å². The van der Waals surface area contributed by atoms with Gasteiger partial charge in [0.05, 0.1) is 7.11 Å². The normalized spacial score (nSPS) is 11.7. The van der Waals surface area contributed by atoms with Gasteiger partial charge in [-0.2, -0.15) is 0 Å². The number of hydrogen-bond acceptors (Lipinski definition) is 4. The zero-order valence-corrected chi connectivity index (χ0v) is 17.8. The molecule has 0 unspecified atom stereocenters. The van der Waals surface area contributed by atoms with Crippen LogP contribution in [0.1, 0.15) is 40.6 Å². The Kier molecular flexibility index (Phi) is 6.82. The highest BCUT2D eigenvalue weighted by atomic mass is 79.9. The minimum Gasteiger partial charge on any atom is -0.496 e. The number of halogens is 1. The molecule has 0 fully saturated rings. The van der Waals surface area contributed by atoms with Gasteiger partial charge in [0.25, 0.3) is 0 Å². The first-order valence-corrected chi connectivity index (χ1v) is 9.97. The van der Waals surface area contributed by atoms with Crippen LogP contribution in [0.3, 0.4) is 0 Å². The van der Waals surface area contributed by atoms with E-state index in [-0.39, 0.29) is 24.5 Å². The topological polar surface area (TPSA) is 73.2 Å². The molecule has 6 nitrogen and oxygen atoms in total. The van der Waals surface area contributed by atoms with Crippen molar-refractivity contribution in [1.29, 1.82) is 0 Å². The van der Waals surface area contributed by atoms with E-state index in [1.165, 1.54) is 0 Å². The third-order valence-corrected chi connectivity index (χ3v) is 5.15. The summed E-state index contributed by atoms with van der Waals surface area (Å²) in [5, 5.41) is 3.01. The van der Waals surface area contributed by atoms with Crippen molar-refractivity contribution >= 4 is 27.6 Å². The molecule has 0 spiro atoms. The van der Waals surface area contributed by atoms with Gasteiger partial charge in [0.2, 0.25) is 5.91 Å². The Morgan fingerprint density at radius 3 is 2.52 bits per heavy atom. The summed E-state index contributed by atoms with van der Waals surface area (Å²) in [6.45, 7) is 0. The van der Waals surface area contributed by atoms with Crippen LogP contribution < -0.4 is 10.1 Å². The number of aryl methyl sites for hydroxylation is 1. The van der Waals surface area contributed by atoms with E-state index in [9.17, 15) is 9.59 Å². The second-order valence-corrected chi connectivity index (χ2v) is 7.48. The van der Waals surface area contributed by atoms with Gasteiger partial charge in [-0.05, 0) is 18.2 Å². The molecule has 2 aromatic carbocycles. The number of aromatic nitrogens is 2. The Bertz CT molecular complexity index is 999. The molecule has 0 aliphatic carbocycles. The van der Waals surface area contributed by atoms with Crippen LogP contribution in [-0.4, -0.2) is 28.4 Å². The molecule has 0 aliphatic rings. The number of benzene rings is 2. The van der Waals surface area contributed by atoms with Gasteiger partial charge in [-0.25, -0.2) is 4.98 Å². The Hall–Kier alpha value is -2.93. The minimum absolute atomic E-state index is 0.0708. The van der Waals surface area contributed by atoms with Crippen molar-refractivity contribution in [2.45, 2.75) is 18.9 Å². The van der Waals surface area contributed by atoms with Gasteiger partial charge in [-0.15, -0.1) is 0 Å². The monoisotopic (exact) mass is 455 g/mol. The molecule has 0 radical (unpaired) electrons. The molecule has 1 amide bonds. The number of Topliss-reactive ketones (excluding diaryl/α,β-unsaturated/α-hetero) is 1. The van der Waals surface area contributed by atoms with Crippen LogP contribution in [0.25, 0.3) is 0 Å². The van der Waals surface area contributed by atoms with Gasteiger partial charge < -0.3 is 14.6 Å². The number of methoxy groups -OCH3 is 1. The van der Waals surface area contributed by atoms with E-state index >= 15 is 0 Å². The summed E-state index contributed by atoms with van der Waals surface area (Å²) in [5.41, 5.74) is 1.39. The fraction of sp³-hybridized carbons (Fsp3) is 0.227. The van der Waals surface area contributed by atoms with E-state index in [1.807, 2.05) is 54.2 Å². The van der Waals surface area contributed by atoms with Crippen LogP contribution in [0, 0.1) is 0 Å². The quantitative estimate of drug-likeness (QED) is 0.519. The molecule has 1 heterocycles. The molecule has 150 valence electrons. The number of rotatable bonds is 8. The lowest BCUT2D eigenvalue weighted by Gasteiger charge is -2.21. The van der Waals surface area contributed by atoms with Crippen molar-refractivity contribution < 1.29 is 14.3 Å². The third-order valence-electron chi connectivity index (χ3n) is 4.62. The Morgan fingerprint density at radius 1 is 1.14 bits per heavy atom. The zero-order chi connectivity index (χ0) is 20.8. The maximum Gasteiger partial charge on any atom is 0.221 e. The average Bonchev–Trinajstić information content (AvgIpc) is 3.16. The second-order valence-electron chi connectivity index (χ2n) is 6.57. The Morgan fingerprint density at radius 2 is 1.86 bits per heavy atom. The number of amides is 1. The molecule has 1 N–H and O–H groups in total. The summed E-state index contributed by atoms with van der Waals surface area (Å²) in [5.74, 6) is 1.04. The van der Waals surface area contributed by atoms with Gasteiger partial charge in [-0.1, -0.05) is 46.3 Å². The number of hydrogen-bond donors (Lipinski definition) is 1. The maximum absolute atomic E-state index is 12.7. The van der Waals surface area contributed by atoms with E-state index in [0.717, 1.165) is 10.0 Å². The van der Waals surface area contributed by atoms with Crippen LogP contribution >= 0.6 is 15.9 Å². The summed E-state index contributed by atoms with van der Waals surface area (Å²) in [6.07, 6.45) is 3.72. The average molecular weight is 456 g/mol. The fourth-order valence-corrected chi connectivity index (χ4v) is 3.35. The molecular formula is C22H22BrN3O3. The molecule has 1 atom stereocenters. The molecular weight excluding hydrogens is 434 g/mol. The highest BCUT2D eigenvalue weighted by Crippen LogP contribution is 2.29. The molecule has 7 heteroatoms. The van der Waals surface area contributed by atoms with Gasteiger partial charge in [-0.3, -0.25) is 9.59 Å². The molecule has 29 heavy (non-hydrogen) atoms. The van der Waals surface area contributed by atoms with Crippen molar-refractivity contribution in [1.82, 2.24) is 14.9 Å². The van der Waals surface area contributed by atoms with Crippen LogP contribution in [0.15, 0.2) is 65.4 Å². The number of carbonyl (C=O) groups is 2. The first-order chi connectivity index (χ1) is 14.0. The number of nitrogens with one attached hydrogen (secondary N) is 1. The lowest BCUT2D eigenvalue weighted by atomic mass is 10.0. The van der Waals surface area contributed by atoms with E-state index in [0.29, 0.717) is 17.1 Å². The van der Waals surface area contributed by atoms with Crippen molar-refractivity contribution in [3.05, 3.63) is 82.3 Å². The van der Waals surface area contributed by atoms with Crippen LogP contribution in [-0.2, 0) is 11.8 Å². The first-order valence-electron chi connectivity index (χ1n) is 9.18. The lowest BCUT2D eigenvalue weighted by Crippen LogP contribution is -2.31. The molecule has 3 aromatic rings. The van der Waals surface area contributed by atoms with Crippen LogP contribution in [0.2, 0.25) is 0 Å². The summed E-state index contributed by atoms with van der Waals surface area (Å²) in [4.78, 5) is 29.4. The van der Waals surface area contributed by atoms with Crippen molar-refractivity contribution in [3.8, 4) is 5.75 Å². The maximum atomic E-state index is 12.7. The van der Waals surface area contributed by atoms with Gasteiger partial charge in [0.15, 0.2) is 5.78 Å². The predicted octanol–water partition coefficient (Wildman–Crippen LogP) is 4.06. The van der Waals surface area contributed by atoms with E-state index < -0.39 is 6.04 Å². The minimum atomic E-state index is -0.485. The van der Waals surface area contributed by atoms with Crippen LogP contribution in [0.4, 0.5) is 0 Å². The van der Waals surface area contributed by atoms with Crippen molar-refractivity contribution in [2.75, 3.05) is 7.11 Å². The fourth-order valence-electron chi connectivity index (χ4n) is 3.08. The molecule has 0 bridgehead atoms. The number of para-hydroxylation sites is 1. The van der Waals surface area contributed by atoms with Gasteiger partial charge in [0.1, 0.15) is 17.6 Å². The lowest BCUT2D eigenvalue weighted by molar-refractivity contribution is -0.121. The predicted molar refractivity (Wildman–Crippen MR) is 114 cm³/mol. The molecule has 1 aromatic heterocycles. The highest BCUT2D eigenvalue weighted by Gasteiger charge is 2.24. The van der Waals surface area contributed by atoms with Gasteiger partial charge >= 0.3 is 0 Å². The molecule has 0 saturated carbocycles. The summed E-state index contributed by atoms with van der Waals surface area (Å²) in [7, 11) is 3.46. The Labute approximate surface area is 178 Å². The second kappa shape index (κ2) is 9.52. The number of carbonyl (C=O) groups excluding carboxylic acids is 2. The van der Waals surface area contributed by atoms with Crippen LogP contribution in [0.5, 0.6) is 5.75 Å². The SMILES string of the molecule is COc1ccccc1[C@@H](NC(=O)CCC(=O)c1ccc(Br)cc1)c1nccn1C. The molecule has 0 aliphatic heterocycles. The smallest absolute Gasteiger partial charge is 0.221 e. The van der Waals surface area contributed by atoms with Crippen molar-refractivity contribution in [2.24, 2.45) is 7.05 Å². The highest BCUT2D eigenvalue weighted by molar-refractivity contribution is 9.10. The van der Waals surface area contributed by atoms with E-state index in [2.05, 4.69) is 26.2 Å². The van der Waals surface area contributed by atoms with Crippen molar-refractivity contribution in [3.63, 3.8) is 0 Å². The van der Waals surface area contributed by atoms with E-state index in [1.54, 1.807) is 25.4 Å². The number of ketones is 1. The van der Waals surface area contributed by atoms with Gasteiger partial charge in [0, 0.05) is 47.9 Å². The number of ether oxygens (including phenoxy) is 1. The standard InChI is InChI=1S/C22H22BrN3O3/c1-26-14-13-24-22(26)21(17-5-3-4-6-19(17)29-2)25-20(28)12-11-18(27)15-7-9-16(23)10-8-15/h3-10,13-14,21H,11-12H2,1-2H3,(H,25,28)/t21-/m1/s1. The molecule has 3 rings (SSSR count). The molecule has 0 saturated heterocycles. The first kappa shape index (κ1) is 20.8. The summed E-state index contributed by atoms with van der Waals surface area (Å²) < 4.78 is 8.22. The zero-order valence-electron chi connectivity index (χ0n) is 16.3. The summed E-state index contributed by atoms with van der Waals surface area (Å²) in [6, 6.07) is 14.1. The number of nitrogens with zero attached hydrogens (tertiary/aromatic N) is 2. The number of imidazole rings is 1. The summed E-state index contributed by atoms with van der Waals surface area (Å²) >= 11 is 3.35. The Balaban J connectivity index is 1.74.